The molecule has 1 aliphatic carbocycles. The lowest BCUT2D eigenvalue weighted by Crippen LogP contribution is -2.27. The minimum Gasteiger partial charge on any atom is -0.494 e. The van der Waals surface area contributed by atoms with Gasteiger partial charge in [-0.1, -0.05) is 17.8 Å². The van der Waals surface area contributed by atoms with Gasteiger partial charge in [0.25, 0.3) is 0 Å². The molecule has 1 aromatic carbocycles. The summed E-state index contributed by atoms with van der Waals surface area (Å²) in [5, 5.41) is 6.12. The number of thiazole rings is 1. The number of nitrogens with one attached hydrogen (secondary N) is 2. The molecule has 1 aliphatic rings. The molecule has 0 atom stereocenters. The van der Waals surface area contributed by atoms with E-state index in [1.807, 2.05) is 6.07 Å². The number of nitrogens with zero attached hydrogens (tertiary/aromatic N) is 1. The normalized spacial score (nSPS) is 14.5. The van der Waals surface area contributed by atoms with Gasteiger partial charge in [-0.3, -0.25) is 9.59 Å². The van der Waals surface area contributed by atoms with E-state index in [2.05, 4.69) is 15.6 Å². The van der Waals surface area contributed by atoms with Crippen LogP contribution in [0, 0.1) is 5.92 Å². The second-order valence-corrected chi connectivity index (χ2v) is 6.37. The van der Waals surface area contributed by atoms with E-state index in [9.17, 15) is 9.59 Å². The van der Waals surface area contributed by atoms with E-state index in [0.717, 1.165) is 24.0 Å². The Labute approximate surface area is 131 Å². The van der Waals surface area contributed by atoms with Crippen molar-refractivity contribution in [2.45, 2.75) is 26.2 Å². The van der Waals surface area contributed by atoms with Gasteiger partial charge >= 0.3 is 0 Å². The third-order valence-corrected chi connectivity index (χ3v) is 4.62. The third kappa shape index (κ3) is 2.89. The van der Waals surface area contributed by atoms with Crippen LogP contribution in [0.5, 0.6) is 5.75 Å². The molecule has 6 nitrogen and oxygen atoms in total. The molecule has 2 amide bonds. The van der Waals surface area contributed by atoms with E-state index in [-0.39, 0.29) is 17.7 Å². The molecular formula is C15H17N3O3S. The van der Waals surface area contributed by atoms with Crippen molar-refractivity contribution in [3.8, 4) is 5.75 Å². The van der Waals surface area contributed by atoms with Crippen molar-refractivity contribution in [1.82, 2.24) is 4.98 Å². The number of hydrogen-bond acceptors (Lipinski definition) is 5. The molecule has 1 fully saturated rings. The summed E-state index contributed by atoms with van der Waals surface area (Å²) >= 11 is 1.35. The van der Waals surface area contributed by atoms with Gasteiger partial charge in [0.1, 0.15) is 11.3 Å². The van der Waals surface area contributed by atoms with Crippen LogP contribution in [0.3, 0.4) is 0 Å². The summed E-state index contributed by atoms with van der Waals surface area (Å²) in [5.41, 5.74) is 1.37. The topological polar surface area (TPSA) is 80.3 Å². The summed E-state index contributed by atoms with van der Waals surface area (Å²) < 4.78 is 6.20. The summed E-state index contributed by atoms with van der Waals surface area (Å²) in [6.07, 6.45) is 3.03. The molecule has 1 saturated carbocycles. The number of methoxy groups -OCH3 is 1. The third-order valence-electron chi connectivity index (χ3n) is 3.71. The Morgan fingerprint density at radius 1 is 1.32 bits per heavy atom. The van der Waals surface area contributed by atoms with Crippen molar-refractivity contribution < 1.29 is 14.3 Å². The van der Waals surface area contributed by atoms with Crippen molar-refractivity contribution in [3.05, 3.63) is 12.1 Å². The van der Waals surface area contributed by atoms with Crippen LogP contribution in [-0.4, -0.2) is 23.9 Å². The van der Waals surface area contributed by atoms with Gasteiger partial charge in [-0.05, 0) is 18.9 Å². The standard InChI is InChI=1S/C15H17N3O3S/c1-8(19)16-15-18-13-11(21-2)6-10(7-12(13)22-15)17-14(20)9-4-3-5-9/h6-7,9H,3-5H2,1-2H3,(H,17,20)(H,16,18,19). The summed E-state index contributed by atoms with van der Waals surface area (Å²) in [7, 11) is 1.56. The molecule has 0 unspecified atom stereocenters. The van der Waals surface area contributed by atoms with Gasteiger partial charge < -0.3 is 15.4 Å². The minimum atomic E-state index is -0.170. The van der Waals surface area contributed by atoms with Gasteiger partial charge in [-0.25, -0.2) is 4.98 Å². The molecule has 0 radical (unpaired) electrons. The molecule has 1 aromatic heterocycles. The molecule has 22 heavy (non-hydrogen) atoms. The second-order valence-electron chi connectivity index (χ2n) is 5.34. The number of carbonyl (C=O) groups is 2. The van der Waals surface area contributed by atoms with Crippen LogP contribution < -0.4 is 15.4 Å². The fourth-order valence-electron chi connectivity index (χ4n) is 2.35. The quantitative estimate of drug-likeness (QED) is 0.908. The fraction of sp³-hybridized carbons (Fsp3) is 0.400. The van der Waals surface area contributed by atoms with Gasteiger partial charge in [-0.15, -0.1) is 0 Å². The lowest BCUT2D eigenvalue weighted by Gasteiger charge is -2.24. The molecule has 0 saturated heterocycles. The number of amides is 2. The highest BCUT2D eigenvalue weighted by Gasteiger charge is 2.25. The Balaban J connectivity index is 1.90. The molecule has 0 aliphatic heterocycles. The lowest BCUT2D eigenvalue weighted by molar-refractivity contribution is -0.122. The maximum atomic E-state index is 12.1. The predicted molar refractivity (Wildman–Crippen MR) is 86.4 cm³/mol. The molecule has 116 valence electrons. The molecule has 0 spiro atoms. The number of anilines is 2. The molecule has 2 aromatic rings. The van der Waals surface area contributed by atoms with Crippen LogP contribution in [0.4, 0.5) is 10.8 Å². The van der Waals surface area contributed by atoms with Crippen LogP contribution in [0.2, 0.25) is 0 Å². The first-order valence-corrected chi connectivity index (χ1v) is 7.95. The summed E-state index contributed by atoms with van der Waals surface area (Å²) in [4.78, 5) is 27.6. The summed E-state index contributed by atoms with van der Waals surface area (Å²) in [6.45, 7) is 1.44. The first kappa shape index (κ1) is 14.8. The molecular weight excluding hydrogens is 302 g/mol. The maximum Gasteiger partial charge on any atom is 0.227 e. The summed E-state index contributed by atoms with van der Waals surface area (Å²) in [6, 6.07) is 3.62. The van der Waals surface area contributed by atoms with E-state index in [1.54, 1.807) is 13.2 Å². The van der Waals surface area contributed by atoms with Gasteiger partial charge in [0.15, 0.2) is 5.13 Å². The molecule has 0 bridgehead atoms. The van der Waals surface area contributed by atoms with Crippen molar-refractivity contribution in [2.24, 2.45) is 5.92 Å². The van der Waals surface area contributed by atoms with Gasteiger partial charge in [0, 0.05) is 24.6 Å². The smallest absolute Gasteiger partial charge is 0.227 e. The number of ether oxygens (including phenoxy) is 1. The van der Waals surface area contributed by atoms with Crippen molar-refractivity contribution >= 4 is 44.2 Å². The van der Waals surface area contributed by atoms with Crippen LogP contribution >= 0.6 is 11.3 Å². The van der Waals surface area contributed by atoms with Crippen LogP contribution in [0.25, 0.3) is 10.2 Å². The first-order valence-electron chi connectivity index (χ1n) is 7.14. The Morgan fingerprint density at radius 2 is 2.09 bits per heavy atom. The lowest BCUT2D eigenvalue weighted by atomic mass is 9.85. The van der Waals surface area contributed by atoms with Gasteiger partial charge in [0.05, 0.1) is 11.8 Å². The van der Waals surface area contributed by atoms with E-state index in [1.165, 1.54) is 18.3 Å². The highest BCUT2D eigenvalue weighted by molar-refractivity contribution is 7.22. The number of rotatable bonds is 4. The van der Waals surface area contributed by atoms with E-state index < -0.39 is 0 Å². The van der Waals surface area contributed by atoms with Crippen molar-refractivity contribution in [1.29, 1.82) is 0 Å². The molecule has 7 heteroatoms. The Bertz CT molecular complexity index is 737. The maximum absolute atomic E-state index is 12.1. The number of benzene rings is 1. The zero-order valence-electron chi connectivity index (χ0n) is 12.4. The SMILES string of the molecule is COc1cc(NC(=O)C2CCC2)cc2sc(NC(C)=O)nc12. The average molecular weight is 319 g/mol. The van der Waals surface area contributed by atoms with E-state index in [4.69, 9.17) is 4.74 Å². The van der Waals surface area contributed by atoms with Crippen LogP contribution in [0.1, 0.15) is 26.2 Å². The monoisotopic (exact) mass is 319 g/mol. The second kappa shape index (κ2) is 5.92. The first-order chi connectivity index (χ1) is 10.6. The van der Waals surface area contributed by atoms with E-state index >= 15 is 0 Å². The Morgan fingerprint density at radius 3 is 2.68 bits per heavy atom. The van der Waals surface area contributed by atoms with Crippen LogP contribution in [0.15, 0.2) is 12.1 Å². The molecule has 3 rings (SSSR count). The number of aromatic nitrogens is 1. The highest BCUT2D eigenvalue weighted by atomic mass is 32.1. The van der Waals surface area contributed by atoms with Gasteiger partial charge in [-0.2, -0.15) is 0 Å². The highest BCUT2D eigenvalue weighted by Crippen LogP contribution is 2.36. The summed E-state index contributed by atoms with van der Waals surface area (Å²) in [5.74, 6) is 0.586. The number of fused-ring (bicyclic) bond motifs is 1. The zero-order valence-corrected chi connectivity index (χ0v) is 13.3. The zero-order chi connectivity index (χ0) is 15.7. The van der Waals surface area contributed by atoms with Crippen molar-refractivity contribution in [3.63, 3.8) is 0 Å². The van der Waals surface area contributed by atoms with Gasteiger partial charge in [0.2, 0.25) is 11.8 Å². The Kier molecular flexibility index (Phi) is 3.98. The minimum absolute atomic E-state index is 0.0549. The average Bonchev–Trinajstić information content (AvgIpc) is 2.76. The predicted octanol–water partition coefficient (Wildman–Crippen LogP) is 3.00. The van der Waals surface area contributed by atoms with Crippen molar-refractivity contribution in [2.75, 3.05) is 17.7 Å². The molecule has 1 heterocycles. The largest absolute Gasteiger partial charge is 0.494 e. The van der Waals surface area contributed by atoms with Crippen LogP contribution in [-0.2, 0) is 9.59 Å². The fourth-order valence-corrected chi connectivity index (χ4v) is 3.31. The Hall–Kier alpha value is -2.15. The number of carbonyl (C=O) groups excluding carboxylic acids is 2. The van der Waals surface area contributed by atoms with E-state index in [0.29, 0.717) is 22.1 Å². The number of hydrogen-bond donors (Lipinski definition) is 2. The molecule has 2 N–H and O–H groups in total.